The van der Waals surface area contributed by atoms with Gasteiger partial charge in [-0.25, -0.2) is 0 Å². The Labute approximate surface area is 111 Å². The second-order valence-corrected chi connectivity index (χ2v) is 5.40. The smallest absolute Gasteiger partial charge is 0.400 e. The molecule has 0 aliphatic heterocycles. The van der Waals surface area contributed by atoms with Crippen molar-refractivity contribution in [1.29, 1.82) is 0 Å². The summed E-state index contributed by atoms with van der Waals surface area (Å²) in [5.41, 5.74) is 5.12. The molecule has 0 aromatic heterocycles. The van der Waals surface area contributed by atoms with E-state index in [0.717, 1.165) is 19.3 Å². The quantitative estimate of drug-likeness (QED) is 0.320. The van der Waals surface area contributed by atoms with E-state index in [4.69, 9.17) is 10.9 Å². The van der Waals surface area contributed by atoms with Crippen molar-refractivity contribution in [2.75, 3.05) is 6.54 Å². The molecule has 4 N–H and O–H groups in total. The first-order valence-electron chi connectivity index (χ1n) is 6.54. The maximum absolute atomic E-state index is 12.8. The third kappa shape index (κ3) is 4.26. The van der Waals surface area contributed by atoms with Crippen LogP contribution in [-0.4, -0.2) is 29.8 Å². The maximum atomic E-state index is 12.8. The first kappa shape index (κ1) is 16.1. The number of halogens is 3. The number of alkyl halides is 3. The van der Waals surface area contributed by atoms with Gasteiger partial charge in [0.1, 0.15) is 5.92 Å². The van der Waals surface area contributed by atoms with Crippen LogP contribution in [0.2, 0.25) is 0 Å². The molecule has 0 aromatic carbocycles. The third-order valence-corrected chi connectivity index (χ3v) is 4.16. The number of nitrogens with zero attached hydrogens (tertiary/aromatic N) is 1. The van der Waals surface area contributed by atoms with E-state index in [-0.39, 0.29) is 12.6 Å². The summed E-state index contributed by atoms with van der Waals surface area (Å²) in [5.74, 6) is -1.91. The minimum Gasteiger partial charge on any atom is -0.409 e. The van der Waals surface area contributed by atoms with Crippen molar-refractivity contribution in [2.45, 2.75) is 45.3 Å². The van der Waals surface area contributed by atoms with Crippen LogP contribution in [-0.2, 0) is 0 Å². The number of nitrogens with one attached hydrogen (secondary N) is 1. The topological polar surface area (TPSA) is 70.6 Å². The Bertz CT molecular complexity index is 320. The second kappa shape index (κ2) is 6.45. The number of hydrogen-bond acceptors (Lipinski definition) is 3. The highest BCUT2D eigenvalue weighted by atomic mass is 19.4. The molecule has 4 nitrogen and oxygen atoms in total. The van der Waals surface area contributed by atoms with Gasteiger partial charge >= 0.3 is 6.18 Å². The number of amidine groups is 1. The van der Waals surface area contributed by atoms with E-state index in [0.29, 0.717) is 11.8 Å². The van der Waals surface area contributed by atoms with E-state index < -0.39 is 17.9 Å². The fourth-order valence-corrected chi connectivity index (χ4v) is 2.60. The van der Waals surface area contributed by atoms with E-state index in [2.05, 4.69) is 17.4 Å². The second-order valence-electron chi connectivity index (χ2n) is 5.40. The predicted octanol–water partition coefficient (Wildman–Crippen LogP) is 2.33. The lowest BCUT2D eigenvalue weighted by molar-refractivity contribution is -0.155. The molecular formula is C12H22F3N3O. The summed E-state index contributed by atoms with van der Waals surface area (Å²) in [5, 5.41) is 13.9. The summed E-state index contributed by atoms with van der Waals surface area (Å²) in [6.07, 6.45) is -1.51. The Balaban J connectivity index is 2.61. The molecule has 1 fully saturated rings. The first-order valence-corrected chi connectivity index (χ1v) is 6.54. The summed E-state index contributed by atoms with van der Waals surface area (Å²) in [4.78, 5) is 0. The van der Waals surface area contributed by atoms with Gasteiger partial charge in [0, 0.05) is 12.6 Å². The minimum atomic E-state index is -4.51. The van der Waals surface area contributed by atoms with Crippen LogP contribution in [0.4, 0.5) is 13.2 Å². The molecule has 1 saturated carbocycles. The molecular weight excluding hydrogens is 259 g/mol. The summed E-state index contributed by atoms with van der Waals surface area (Å²) in [7, 11) is 0. The normalized spacial score (nSPS) is 31.2. The lowest BCUT2D eigenvalue weighted by Gasteiger charge is -2.35. The van der Waals surface area contributed by atoms with Gasteiger partial charge in [0.05, 0.1) is 0 Å². The molecule has 0 saturated heterocycles. The highest BCUT2D eigenvalue weighted by molar-refractivity contribution is 5.83. The molecule has 0 radical (unpaired) electrons. The Morgan fingerprint density at radius 3 is 2.58 bits per heavy atom. The highest BCUT2D eigenvalue weighted by Crippen LogP contribution is 2.31. The average molecular weight is 281 g/mol. The maximum Gasteiger partial charge on any atom is 0.400 e. The van der Waals surface area contributed by atoms with E-state index in [1.165, 1.54) is 0 Å². The fraction of sp³-hybridized carbons (Fsp3) is 0.917. The Morgan fingerprint density at radius 1 is 1.42 bits per heavy atom. The molecule has 4 atom stereocenters. The first-order chi connectivity index (χ1) is 8.77. The zero-order valence-corrected chi connectivity index (χ0v) is 11.2. The van der Waals surface area contributed by atoms with Gasteiger partial charge in [-0.2, -0.15) is 13.2 Å². The molecule has 4 unspecified atom stereocenters. The number of nitrogens with two attached hydrogens (primary N) is 1. The van der Waals surface area contributed by atoms with Crippen LogP contribution in [0.1, 0.15) is 33.1 Å². The number of hydrogen-bond donors (Lipinski definition) is 3. The van der Waals surface area contributed by atoms with Crippen LogP contribution >= 0.6 is 0 Å². The Morgan fingerprint density at radius 2 is 2.05 bits per heavy atom. The largest absolute Gasteiger partial charge is 0.409 e. The minimum absolute atomic E-state index is 0.0556. The summed E-state index contributed by atoms with van der Waals surface area (Å²) in [6, 6.07) is 0.0556. The van der Waals surface area contributed by atoms with Gasteiger partial charge in [0.15, 0.2) is 5.84 Å². The van der Waals surface area contributed by atoms with E-state index in [1.54, 1.807) is 0 Å². The van der Waals surface area contributed by atoms with Crippen molar-refractivity contribution in [1.82, 2.24) is 5.32 Å². The zero-order chi connectivity index (χ0) is 14.6. The van der Waals surface area contributed by atoms with Crippen molar-refractivity contribution in [3.05, 3.63) is 0 Å². The summed E-state index contributed by atoms with van der Waals surface area (Å²) >= 11 is 0. The van der Waals surface area contributed by atoms with Crippen molar-refractivity contribution in [3.8, 4) is 0 Å². The molecule has 112 valence electrons. The van der Waals surface area contributed by atoms with E-state index in [1.807, 2.05) is 6.92 Å². The Kier molecular flexibility index (Phi) is 5.46. The van der Waals surface area contributed by atoms with Gasteiger partial charge in [0.25, 0.3) is 0 Å². The molecule has 0 amide bonds. The summed E-state index contributed by atoms with van der Waals surface area (Å²) in [6.45, 7) is 3.82. The van der Waals surface area contributed by atoms with Crippen LogP contribution in [0.15, 0.2) is 5.16 Å². The molecule has 19 heavy (non-hydrogen) atoms. The van der Waals surface area contributed by atoms with Crippen molar-refractivity contribution < 1.29 is 18.4 Å². The lowest BCUT2D eigenvalue weighted by Crippen LogP contribution is -2.48. The zero-order valence-electron chi connectivity index (χ0n) is 11.2. The van der Waals surface area contributed by atoms with Crippen LogP contribution in [0, 0.1) is 17.8 Å². The lowest BCUT2D eigenvalue weighted by atomic mass is 9.78. The van der Waals surface area contributed by atoms with Crippen molar-refractivity contribution in [2.24, 2.45) is 28.6 Å². The molecule has 7 heteroatoms. The molecule has 0 heterocycles. The van der Waals surface area contributed by atoms with Crippen LogP contribution in [0.5, 0.6) is 0 Å². The molecule has 1 aliphatic carbocycles. The van der Waals surface area contributed by atoms with Crippen molar-refractivity contribution in [3.63, 3.8) is 0 Å². The van der Waals surface area contributed by atoms with Crippen LogP contribution in [0.25, 0.3) is 0 Å². The average Bonchev–Trinajstić information content (AvgIpc) is 2.32. The predicted molar refractivity (Wildman–Crippen MR) is 66.9 cm³/mol. The number of rotatable bonds is 4. The Hall–Kier alpha value is -0.980. The van der Waals surface area contributed by atoms with E-state index in [9.17, 15) is 13.2 Å². The van der Waals surface area contributed by atoms with Crippen LogP contribution in [0.3, 0.4) is 0 Å². The summed E-state index contributed by atoms with van der Waals surface area (Å²) < 4.78 is 38.3. The molecule has 0 spiro atoms. The third-order valence-electron chi connectivity index (χ3n) is 4.16. The molecule has 1 aliphatic rings. The standard InChI is InChI=1S/C12H22F3N3O/c1-7-4-3-5-10(8(7)2)17-6-9(11(16)18-19)12(13,14)15/h7-10,17,19H,3-6H2,1-2H3,(H2,16,18). The highest BCUT2D eigenvalue weighted by Gasteiger charge is 2.43. The van der Waals surface area contributed by atoms with Crippen molar-refractivity contribution >= 4 is 5.84 Å². The molecule has 0 aromatic rings. The van der Waals surface area contributed by atoms with Gasteiger partial charge in [0.2, 0.25) is 0 Å². The van der Waals surface area contributed by atoms with Gasteiger partial charge in [-0.15, -0.1) is 0 Å². The SMILES string of the molecule is CC1CCCC(NCC(C(N)=NO)C(F)(F)F)C1C. The molecule has 1 rings (SSSR count). The van der Waals surface area contributed by atoms with E-state index >= 15 is 0 Å². The van der Waals surface area contributed by atoms with Gasteiger partial charge in [-0.05, 0) is 18.3 Å². The number of oxime groups is 1. The van der Waals surface area contributed by atoms with Gasteiger partial charge in [-0.1, -0.05) is 31.8 Å². The van der Waals surface area contributed by atoms with Crippen LogP contribution < -0.4 is 11.1 Å². The molecule has 0 bridgehead atoms. The van der Waals surface area contributed by atoms with Gasteiger partial charge < -0.3 is 16.3 Å². The fourth-order valence-electron chi connectivity index (χ4n) is 2.60. The monoisotopic (exact) mass is 281 g/mol. The van der Waals surface area contributed by atoms with Gasteiger partial charge in [-0.3, -0.25) is 0 Å².